The van der Waals surface area contributed by atoms with Crippen LogP contribution in [0.2, 0.25) is 0 Å². The van der Waals surface area contributed by atoms with Crippen LogP contribution in [0, 0.1) is 0 Å². The standard InChI is InChI=1S/C14H17N3O3.ClH/c1-14(2,7-15)16-11(18)8-4-5-9-10(6-8)13(20)17(3)12(9)19;/h4-6H,7,15H2,1-3H3,(H,16,18);1H. The predicted octanol–water partition coefficient (Wildman–Crippen LogP) is 0.801. The van der Waals surface area contributed by atoms with Gasteiger partial charge in [0.05, 0.1) is 11.1 Å². The minimum atomic E-state index is -0.535. The topological polar surface area (TPSA) is 92.5 Å². The SMILES string of the molecule is CN1C(=O)c2ccc(C(=O)NC(C)(C)CN)cc2C1=O.Cl. The summed E-state index contributed by atoms with van der Waals surface area (Å²) in [6.07, 6.45) is 0. The van der Waals surface area contributed by atoms with Gasteiger partial charge in [0.2, 0.25) is 0 Å². The largest absolute Gasteiger partial charge is 0.346 e. The molecule has 1 aromatic carbocycles. The molecule has 0 atom stereocenters. The molecule has 21 heavy (non-hydrogen) atoms. The van der Waals surface area contributed by atoms with E-state index in [0.29, 0.717) is 17.7 Å². The van der Waals surface area contributed by atoms with Crippen molar-refractivity contribution in [3.05, 3.63) is 34.9 Å². The molecule has 1 aliphatic heterocycles. The highest BCUT2D eigenvalue weighted by Crippen LogP contribution is 2.22. The molecule has 0 fully saturated rings. The van der Waals surface area contributed by atoms with E-state index in [0.717, 1.165) is 4.90 Å². The second-order valence-electron chi connectivity index (χ2n) is 5.47. The third-order valence-electron chi connectivity index (χ3n) is 3.31. The Morgan fingerprint density at radius 1 is 1.24 bits per heavy atom. The van der Waals surface area contributed by atoms with Gasteiger partial charge in [-0.2, -0.15) is 0 Å². The fourth-order valence-electron chi connectivity index (χ4n) is 1.93. The first-order valence-electron chi connectivity index (χ1n) is 6.26. The van der Waals surface area contributed by atoms with Crippen LogP contribution in [-0.2, 0) is 0 Å². The third-order valence-corrected chi connectivity index (χ3v) is 3.31. The van der Waals surface area contributed by atoms with Crippen LogP contribution >= 0.6 is 12.4 Å². The molecule has 0 aromatic heterocycles. The Balaban J connectivity index is 0.00000220. The van der Waals surface area contributed by atoms with Gasteiger partial charge >= 0.3 is 0 Å². The minimum absolute atomic E-state index is 0. The maximum atomic E-state index is 12.1. The molecule has 0 saturated carbocycles. The number of imide groups is 1. The lowest BCUT2D eigenvalue weighted by Crippen LogP contribution is -2.48. The zero-order valence-electron chi connectivity index (χ0n) is 12.1. The smallest absolute Gasteiger partial charge is 0.261 e. The molecule has 1 aliphatic rings. The van der Waals surface area contributed by atoms with E-state index in [1.54, 1.807) is 13.8 Å². The van der Waals surface area contributed by atoms with Gasteiger partial charge in [-0.3, -0.25) is 19.3 Å². The first kappa shape index (κ1) is 17.1. The molecule has 6 nitrogen and oxygen atoms in total. The first-order valence-corrected chi connectivity index (χ1v) is 6.26. The van der Waals surface area contributed by atoms with E-state index in [9.17, 15) is 14.4 Å². The van der Waals surface area contributed by atoms with E-state index < -0.39 is 11.4 Å². The van der Waals surface area contributed by atoms with E-state index in [4.69, 9.17) is 5.73 Å². The van der Waals surface area contributed by atoms with Gasteiger partial charge in [-0.1, -0.05) is 0 Å². The van der Waals surface area contributed by atoms with E-state index in [1.807, 2.05) is 0 Å². The lowest BCUT2D eigenvalue weighted by molar-refractivity contribution is 0.0693. The summed E-state index contributed by atoms with van der Waals surface area (Å²) < 4.78 is 0. The number of nitrogens with two attached hydrogens (primary N) is 1. The molecule has 114 valence electrons. The van der Waals surface area contributed by atoms with E-state index >= 15 is 0 Å². The highest BCUT2D eigenvalue weighted by atomic mass is 35.5. The summed E-state index contributed by atoms with van der Waals surface area (Å²) in [6.45, 7) is 3.91. The second-order valence-corrected chi connectivity index (χ2v) is 5.47. The number of benzene rings is 1. The lowest BCUT2D eigenvalue weighted by atomic mass is 10.0. The molecule has 0 saturated heterocycles. The molecule has 0 spiro atoms. The van der Waals surface area contributed by atoms with Gasteiger partial charge in [0.25, 0.3) is 17.7 Å². The number of halogens is 1. The van der Waals surface area contributed by atoms with Crippen molar-refractivity contribution in [3.8, 4) is 0 Å². The van der Waals surface area contributed by atoms with Crippen LogP contribution in [0.5, 0.6) is 0 Å². The monoisotopic (exact) mass is 311 g/mol. The molecule has 0 radical (unpaired) electrons. The van der Waals surface area contributed by atoms with Crippen LogP contribution < -0.4 is 11.1 Å². The van der Waals surface area contributed by atoms with Crippen molar-refractivity contribution >= 4 is 30.1 Å². The van der Waals surface area contributed by atoms with Gasteiger partial charge < -0.3 is 11.1 Å². The first-order chi connectivity index (χ1) is 9.26. The zero-order chi connectivity index (χ0) is 15.1. The molecule has 1 aromatic rings. The average molecular weight is 312 g/mol. The van der Waals surface area contributed by atoms with Crippen LogP contribution in [0.15, 0.2) is 18.2 Å². The van der Waals surface area contributed by atoms with E-state index in [-0.39, 0.29) is 29.8 Å². The average Bonchev–Trinajstić information content (AvgIpc) is 2.63. The summed E-state index contributed by atoms with van der Waals surface area (Å²) in [5.74, 6) is -1.06. The zero-order valence-corrected chi connectivity index (χ0v) is 12.9. The molecule has 3 amide bonds. The quantitative estimate of drug-likeness (QED) is 0.808. The van der Waals surface area contributed by atoms with Gasteiger partial charge in [0.15, 0.2) is 0 Å². The van der Waals surface area contributed by atoms with Crippen LogP contribution in [-0.4, -0.2) is 41.8 Å². The van der Waals surface area contributed by atoms with Crippen LogP contribution in [0.4, 0.5) is 0 Å². The fourth-order valence-corrected chi connectivity index (χ4v) is 1.93. The van der Waals surface area contributed by atoms with Crippen molar-refractivity contribution in [1.82, 2.24) is 10.2 Å². The van der Waals surface area contributed by atoms with E-state index in [2.05, 4.69) is 5.32 Å². The summed E-state index contributed by atoms with van der Waals surface area (Å²) in [5.41, 5.74) is 5.95. The molecule has 7 heteroatoms. The van der Waals surface area contributed by atoms with Crippen molar-refractivity contribution in [2.75, 3.05) is 13.6 Å². The highest BCUT2D eigenvalue weighted by molar-refractivity contribution is 6.21. The molecule has 1 heterocycles. The third kappa shape index (κ3) is 3.06. The molecular formula is C14H18ClN3O3. The van der Waals surface area contributed by atoms with Crippen LogP contribution in [0.25, 0.3) is 0 Å². The van der Waals surface area contributed by atoms with Crippen molar-refractivity contribution in [2.45, 2.75) is 19.4 Å². The number of nitrogens with zero attached hydrogens (tertiary/aromatic N) is 1. The van der Waals surface area contributed by atoms with Gasteiger partial charge in [0.1, 0.15) is 0 Å². The fraction of sp³-hybridized carbons (Fsp3) is 0.357. The predicted molar refractivity (Wildman–Crippen MR) is 80.7 cm³/mol. The van der Waals surface area contributed by atoms with Crippen LogP contribution in [0.1, 0.15) is 44.9 Å². The van der Waals surface area contributed by atoms with Gasteiger partial charge in [-0.05, 0) is 32.0 Å². The maximum Gasteiger partial charge on any atom is 0.261 e. The van der Waals surface area contributed by atoms with Crippen LogP contribution in [0.3, 0.4) is 0 Å². The van der Waals surface area contributed by atoms with Crippen molar-refractivity contribution in [1.29, 1.82) is 0 Å². The summed E-state index contributed by atoms with van der Waals surface area (Å²) >= 11 is 0. The summed E-state index contributed by atoms with van der Waals surface area (Å²) in [7, 11) is 1.42. The number of hydrogen-bond donors (Lipinski definition) is 2. The number of rotatable bonds is 3. The van der Waals surface area contributed by atoms with Crippen molar-refractivity contribution < 1.29 is 14.4 Å². The Morgan fingerprint density at radius 2 is 1.81 bits per heavy atom. The Morgan fingerprint density at radius 3 is 2.38 bits per heavy atom. The minimum Gasteiger partial charge on any atom is -0.346 e. The molecule has 2 rings (SSSR count). The number of carbonyl (C=O) groups is 3. The summed E-state index contributed by atoms with van der Waals surface area (Å²) in [5, 5.41) is 2.78. The van der Waals surface area contributed by atoms with Gasteiger partial charge in [0, 0.05) is 24.7 Å². The number of amides is 3. The second kappa shape index (κ2) is 5.83. The number of hydrogen-bond acceptors (Lipinski definition) is 4. The summed E-state index contributed by atoms with van der Waals surface area (Å²) in [6, 6.07) is 4.48. The lowest BCUT2D eigenvalue weighted by Gasteiger charge is -2.24. The van der Waals surface area contributed by atoms with Gasteiger partial charge in [-0.15, -0.1) is 12.4 Å². The molecule has 0 unspecified atom stereocenters. The van der Waals surface area contributed by atoms with Crippen molar-refractivity contribution in [3.63, 3.8) is 0 Å². The van der Waals surface area contributed by atoms with E-state index in [1.165, 1.54) is 25.2 Å². The Bertz CT molecular complexity index is 613. The summed E-state index contributed by atoms with van der Waals surface area (Å²) in [4.78, 5) is 36.8. The maximum absolute atomic E-state index is 12.1. The number of nitrogens with one attached hydrogen (secondary N) is 1. The molecule has 0 aliphatic carbocycles. The van der Waals surface area contributed by atoms with Gasteiger partial charge in [-0.25, -0.2) is 0 Å². The Kier molecular flexibility index (Phi) is 4.76. The normalized spacial score (nSPS) is 13.8. The Labute approximate surface area is 129 Å². The Hall–Kier alpha value is -1.92. The van der Waals surface area contributed by atoms with Crippen molar-refractivity contribution in [2.24, 2.45) is 5.73 Å². The highest BCUT2D eigenvalue weighted by Gasteiger charge is 2.33. The molecular weight excluding hydrogens is 294 g/mol. The molecule has 0 bridgehead atoms. The number of fused-ring (bicyclic) bond motifs is 1. The number of carbonyl (C=O) groups excluding carboxylic acids is 3. The molecule has 3 N–H and O–H groups in total.